The predicted molar refractivity (Wildman–Crippen MR) is 59.0 cm³/mol. The van der Waals surface area contributed by atoms with Crippen molar-refractivity contribution in [1.29, 1.82) is 0 Å². The Morgan fingerprint density at radius 2 is 2.13 bits per heavy atom. The first-order valence-electron chi connectivity index (χ1n) is 5.32. The van der Waals surface area contributed by atoms with Gasteiger partial charge in [-0.3, -0.25) is 0 Å². The van der Waals surface area contributed by atoms with Gasteiger partial charge in [-0.2, -0.15) is 0 Å². The Balaban J connectivity index is 1.96. The zero-order chi connectivity index (χ0) is 10.7. The Labute approximate surface area is 90.1 Å². The molecule has 0 bridgehead atoms. The molecule has 0 amide bonds. The third-order valence-electron chi connectivity index (χ3n) is 2.67. The van der Waals surface area contributed by atoms with E-state index in [1.165, 1.54) is 0 Å². The van der Waals surface area contributed by atoms with Crippen molar-refractivity contribution >= 4 is 6.01 Å². The van der Waals surface area contributed by atoms with Crippen LogP contribution >= 0.6 is 0 Å². The van der Waals surface area contributed by atoms with Crippen LogP contribution in [0.25, 0.3) is 0 Å². The maximum atomic E-state index is 5.63. The first-order chi connectivity index (χ1) is 7.29. The van der Waals surface area contributed by atoms with Crippen LogP contribution in [0.5, 0.6) is 0 Å². The molecule has 2 rings (SSSR count). The van der Waals surface area contributed by atoms with Gasteiger partial charge in [0.2, 0.25) is 0 Å². The maximum Gasteiger partial charge on any atom is 0.297 e. The average Bonchev–Trinajstić information content (AvgIpc) is 2.68. The maximum absolute atomic E-state index is 5.63. The van der Waals surface area contributed by atoms with E-state index in [2.05, 4.69) is 27.1 Å². The van der Waals surface area contributed by atoms with Crippen molar-refractivity contribution in [2.45, 2.75) is 6.54 Å². The van der Waals surface area contributed by atoms with Crippen LogP contribution in [0.4, 0.5) is 6.01 Å². The van der Waals surface area contributed by atoms with Gasteiger partial charge < -0.3 is 19.5 Å². The van der Waals surface area contributed by atoms with Crippen molar-refractivity contribution in [3.05, 3.63) is 12.0 Å². The Hall–Kier alpha value is -1.07. The van der Waals surface area contributed by atoms with Crippen LogP contribution in [-0.4, -0.2) is 50.2 Å². The van der Waals surface area contributed by atoms with Crippen LogP contribution in [-0.2, 0) is 6.54 Å². The van der Waals surface area contributed by atoms with Crippen LogP contribution in [0.3, 0.4) is 0 Å². The van der Waals surface area contributed by atoms with E-state index in [0.29, 0.717) is 0 Å². The number of likely N-dealkylation sites (N-methyl/N-ethyl adjacent to an activating group) is 1. The Morgan fingerprint density at radius 3 is 2.80 bits per heavy atom. The fourth-order valence-corrected chi connectivity index (χ4v) is 1.70. The van der Waals surface area contributed by atoms with Gasteiger partial charge in [0, 0.05) is 26.2 Å². The molecule has 1 aromatic rings. The molecule has 0 aliphatic carbocycles. The summed E-state index contributed by atoms with van der Waals surface area (Å²) in [4.78, 5) is 8.79. The Morgan fingerprint density at radius 1 is 1.40 bits per heavy atom. The van der Waals surface area contributed by atoms with Crippen molar-refractivity contribution in [1.82, 2.24) is 15.2 Å². The lowest BCUT2D eigenvalue weighted by atomic mass is 10.3. The second-order valence-electron chi connectivity index (χ2n) is 3.93. The van der Waals surface area contributed by atoms with Crippen molar-refractivity contribution < 1.29 is 4.42 Å². The van der Waals surface area contributed by atoms with Gasteiger partial charge >= 0.3 is 0 Å². The highest BCUT2D eigenvalue weighted by Crippen LogP contribution is 2.15. The normalized spacial score (nSPS) is 18.4. The highest BCUT2D eigenvalue weighted by atomic mass is 16.4. The quantitative estimate of drug-likeness (QED) is 0.769. The summed E-state index contributed by atoms with van der Waals surface area (Å²) >= 11 is 0. The minimum absolute atomic E-state index is 0.737. The standard InChI is InChI=1S/C10H18N4O/c1-11-7-9-8-12-10(15-9)14-5-3-13(2)4-6-14/h8,11H,3-7H2,1-2H3. The minimum Gasteiger partial charge on any atom is -0.427 e. The molecule has 1 N–H and O–H groups in total. The van der Waals surface area contributed by atoms with Crippen molar-refractivity contribution in [3.8, 4) is 0 Å². The van der Waals surface area contributed by atoms with Crippen molar-refractivity contribution in [2.75, 3.05) is 45.2 Å². The van der Waals surface area contributed by atoms with Crippen LogP contribution in [0, 0.1) is 0 Å². The van der Waals surface area contributed by atoms with Gasteiger partial charge in [-0.1, -0.05) is 0 Å². The zero-order valence-corrected chi connectivity index (χ0v) is 9.36. The molecule has 0 spiro atoms. The predicted octanol–water partition coefficient (Wildman–Crippen LogP) is 0.146. The van der Waals surface area contributed by atoms with E-state index in [1.54, 1.807) is 6.20 Å². The van der Waals surface area contributed by atoms with Gasteiger partial charge in [0.1, 0.15) is 5.76 Å². The van der Waals surface area contributed by atoms with Crippen LogP contribution < -0.4 is 10.2 Å². The number of hydrogen-bond acceptors (Lipinski definition) is 5. The molecule has 0 unspecified atom stereocenters. The third-order valence-corrected chi connectivity index (χ3v) is 2.67. The molecule has 1 aliphatic heterocycles. The summed E-state index contributed by atoms with van der Waals surface area (Å²) in [5.41, 5.74) is 0. The van der Waals surface area contributed by atoms with Gasteiger partial charge in [-0.15, -0.1) is 0 Å². The number of nitrogens with zero attached hydrogens (tertiary/aromatic N) is 3. The number of rotatable bonds is 3. The second-order valence-corrected chi connectivity index (χ2v) is 3.93. The number of oxazole rings is 1. The van der Waals surface area contributed by atoms with Gasteiger partial charge in [0.05, 0.1) is 12.7 Å². The Bertz CT molecular complexity index is 304. The van der Waals surface area contributed by atoms with E-state index < -0.39 is 0 Å². The van der Waals surface area contributed by atoms with E-state index in [0.717, 1.165) is 44.5 Å². The minimum atomic E-state index is 0.737. The first kappa shape index (κ1) is 10.4. The van der Waals surface area contributed by atoms with E-state index in [1.807, 2.05) is 7.05 Å². The summed E-state index contributed by atoms with van der Waals surface area (Å²) in [7, 11) is 4.04. The molecule has 0 aromatic carbocycles. The first-order valence-corrected chi connectivity index (χ1v) is 5.32. The molecule has 5 heteroatoms. The number of nitrogens with one attached hydrogen (secondary N) is 1. The summed E-state index contributed by atoms with van der Waals surface area (Å²) < 4.78 is 5.63. The molecule has 0 atom stereocenters. The largest absolute Gasteiger partial charge is 0.427 e. The average molecular weight is 210 g/mol. The molecular weight excluding hydrogens is 192 g/mol. The van der Waals surface area contributed by atoms with Gasteiger partial charge in [-0.25, -0.2) is 4.98 Å². The highest BCUT2D eigenvalue weighted by Gasteiger charge is 2.17. The fourth-order valence-electron chi connectivity index (χ4n) is 1.70. The molecule has 84 valence electrons. The lowest BCUT2D eigenvalue weighted by Crippen LogP contribution is -2.44. The molecule has 1 saturated heterocycles. The molecule has 1 aliphatic rings. The summed E-state index contributed by atoms with van der Waals surface area (Å²) in [6.45, 7) is 4.88. The van der Waals surface area contributed by atoms with E-state index in [-0.39, 0.29) is 0 Å². The monoisotopic (exact) mass is 210 g/mol. The molecular formula is C10H18N4O. The summed E-state index contributed by atoms with van der Waals surface area (Å²) in [6, 6.07) is 0.758. The smallest absolute Gasteiger partial charge is 0.297 e. The van der Waals surface area contributed by atoms with Crippen molar-refractivity contribution in [2.24, 2.45) is 0 Å². The number of anilines is 1. The summed E-state index contributed by atoms with van der Waals surface area (Å²) in [6.07, 6.45) is 1.80. The molecule has 15 heavy (non-hydrogen) atoms. The second kappa shape index (κ2) is 4.63. The Kier molecular flexibility index (Phi) is 3.23. The lowest BCUT2D eigenvalue weighted by Gasteiger charge is -2.31. The van der Waals surface area contributed by atoms with Crippen molar-refractivity contribution in [3.63, 3.8) is 0 Å². The molecule has 1 fully saturated rings. The SMILES string of the molecule is CNCc1cnc(N2CCN(C)CC2)o1. The van der Waals surface area contributed by atoms with Crippen LogP contribution in [0.15, 0.2) is 10.6 Å². The summed E-state index contributed by atoms with van der Waals surface area (Å²) in [5.74, 6) is 0.895. The molecule has 1 aromatic heterocycles. The number of piperazine rings is 1. The molecule has 0 radical (unpaired) electrons. The molecule has 5 nitrogen and oxygen atoms in total. The number of hydrogen-bond donors (Lipinski definition) is 1. The number of aromatic nitrogens is 1. The van der Waals surface area contributed by atoms with Crippen LogP contribution in [0.1, 0.15) is 5.76 Å². The topological polar surface area (TPSA) is 44.5 Å². The van der Waals surface area contributed by atoms with Gasteiger partial charge in [0.15, 0.2) is 0 Å². The van der Waals surface area contributed by atoms with Gasteiger partial charge in [0.25, 0.3) is 6.01 Å². The fraction of sp³-hybridized carbons (Fsp3) is 0.700. The zero-order valence-electron chi connectivity index (χ0n) is 9.36. The van der Waals surface area contributed by atoms with Gasteiger partial charge in [-0.05, 0) is 14.1 Å². The molecule has 0 saturated carbocycles. The highest BCUT2D eigenvalue weighted by molar-refractivity contribution is 5.27. The molecule has 2 heterocycles. The summed E-state index contributed by atoms with van der Waals surface area (Å²) in [5, 5.41) is 3.05. The lowest BCUT2D eigenvalue weighted by molar-refractivity contribution is 0.303. The van der Waals surface area contributed by atoms with E-state index in [4.69, 9.17) is 4.42 Å². The van der Waals surface area contributed by atoms with Crippen LogP contribution in [0.2, 0.25) is 0 Å². The van der Waals surface area contributed by atoms with E-state index in [9.17, 15) is 0 Å². The third kappa shape index (κ3) is 2.49. The van der Waals surface area contributed by atoms with E-state index >= 15 is 0 Å².